The molecule has 0 atom stereocenters. The van der Waals surface area contributed by atoms with Crippen molar-refractivity contribution in [2.45, 2.75) is 12.8 Å². The number of fused-ring (bicyclic) bond motifs is 1. The van der Waals surface area contributed by atoms with Gasteiger partial charge in [0.05, 0.1) is 11.4 Å². The van der Waals surface area contributed by atoms with E-state index in [4.69, 9.17) is 16.3 Å². The number of carbonyl (C=O) groups excluding carboxylic acids is 4. The van der Waals surface area contributed by atoms with Gasteiger partial charge in [0.15, 0.2) is 6.61 Å². The molecular weight excluding hydrogens is 398 g/mol. The lowest BCUT2D eigenvalue weighted by Crippen LogP contribution is -2.47. The van der Waals surface area contributed by atoms with Crippen molar-refractivity contribution in [1.82, 2.24) is 15.8 Å². The van der Waals surface area contributed by atoms with E-state index in [2.05, 4.69) is 10.9 Å². The highest BCUT2D eigenvalue weighted by atomic mass is 35.5. The summed E-state index contributed by atoms with van der Waals surface area (Å²) in [5.41, 5.74) is 5.56. The number of nitrogens with zero attached hydrogens (tertiary/aromatic N) is 1. The van der Waals surface area contributed by atoms with Crippen LogP contribution in [0.25, 0.3) is 0 Å². The Kier molecular flexibility index (Phi) is 6.46. The molecule has 1 heterocycles. The molecule has 29 heavy (non-hydrogen) atoms. The fourth-order valence-electron chi connectivity index (χ4n) is 2.78. The molecule has 0 spiro atoms. The minimum absolute atomic E-state index is 0.0795. The molecule has 0 fully saturated rings. The molecule has 0 saturated carbocycles. The topological polar surface area (TPSA) is 105 Å². The van der Waals surface area contributed by atoms with Crippen LogP contribution in [0.4, 0.5) is 0 Å². The Hall–Kier alpha value is -3.39. The van der Waals surface area contributed by atoms with Crippen LogP contribution in [0.15, 0.2) is 48.5 Å². The smallest absolute Gasteiger partial charge is 0.276 e. The lowest BCUT2D eigenvalue weighted by Gasteiger charge is -2.26. The van der Waals surface area contributed by atoms with Gasteiger partial charge in [0.2, 0.25) is 11.8 Å². The molecule has 9 heteroatoms. The zero-order chi connectivity index (χ0) is 20.8. The highest BCUT2D eigenvalue weighted by molar-refractivity contribution is 6.32. The van der Waals surface area contributed by atoms with Gasteiger partial charge in [0.1, 0.15) is 5.75 Å². The van der Waals surface area contributed by atoms with Gasteiger partial charge in [0, 0.05) is 18.5 Å². The summed E-state index contributed by atoms with van der Waals surface area (Å²) in [4.78, 5) is 49.4. The van der Waals surface area contributed by atoms with Crippen molar-refractivity contribution in [3.63, 3.8) is 0 Å². The van der Waals surface area contributed by atoms with E-state index in [1.54, 1.807) is 48.5 Å². The van der Waals surface area contributed by atoms with E-state index in [0.717, 1.165) is 4.90 Å². The molecule has 2 aromatic rings. The molecule has 0 aliphatic carbocycles. The summed E-state index contributed by atoms with van der Waals surface area (Å²) < 4.78 is 5.25. The van der Waals surface area contributed by atoms with Crippen molar-refractivity contribution in [1.29, 1.82) is 0 Å². The number of halogens is 1. The number of benzene rings is 2. The Labute approximate surface area is 171 Å². The van der Waals surface area contributed by atoms with Crippen LogP contribution in [-0.2, 0) is 20.8 Å². The zero-order valence-electron chi connectivity index (χ0n) is 15.3. The minimum atomic E-state index is -0.586. The van der Waals surface area contributed by atoms with Crippen LogP contribution in [0.2, 0.25) is 5.02 Å². The average molecular weight is 416 g/mol. The van der Waals surface area contributed by atoms with Gasteiger partial charge in [-0.3, -0.25) is 34.9 Å². The second-order valence-corrected chi connectivity index (χ2v) is 6.66. The van der Waals surface area contributed by atoms with E-state index < -0.39 is 17.7 Å². The lowest BCUT2D eigenvalue weighted by molar-refractivity contribution is -0.131. The SMILES string of the molecule is O=C(CCN1C(=O)Cc2ccccc2C1=O)NNC(=O)COc1ccccc1Cl. The highest BCUT2D eigenvalue weighted by Gasteiger charge is 2.30. The average Bonchev–Trinajstić information content (AvgIpc) is 2.71. The van der Waals surface area contributed by atoms with Crippen molar-refractivity contribution >= 4 is 35.2 Å². The normalized spacial score (nSPS) is 12.9. The fraction of sp³-hybridized carbons (Fsp3) is 0.200. The summed E-state index contributed by atoms with van der Waals surface area (Å²) in [7, 11) is 0. The van der Waals surface area contributed by atoms with E-state index in [1.807, 2.05) is 0 Å². The molecule has 0 aromatic heterocycles. The first-order valence-corrected chi connectivity index (χ1v) is 9.21. The number of rotatable bonds is 6. The maximum atomic E-state index is 12.4. The number of hydrogen-bond acceptors (Lipinski definition) is 5. The molecule has 0 bridgehead atoms. The molecule has 1 aliphatic rings. The van der Waals surface area contributed by atoms with Crippen molar-refractivity contribution < 1.29 is 23.9 Å². The van der Waals surface area contributed by atoms with Gasteiger partial charge in [-0.25, -0.2) is 0 Å². The largest absolute Gasteiger partial charge is 0.482 e. The first-order chi connectivity index (χ1) is 14.0. The Morgan fingerprint density at radius 2 is 1.69 bits per heavy atom. The third-order valence-corrected chi connectivity index (χ3v) is 4.55. The summed E-state index contributed by atoms with van der Waals surface area (Å²) in [6.07, 6.45) is -0.0368. The zero-order valence-corrected chi connectivity index (χ0v) is 16.1. The van der Waals surface area contributed by atoms with Gasteiger partial charge in [-0.1, -0.05) is 41.9 Å². The molecule has 4 amide bonds. The predicted octanol–water partition coefficient (Wildman–Crippen LogP) is 1.48. The summed E-state index contributed by atoms with van der Waals surface area (Å²) in [5.74, 6) is -1.58. The molecule has 2 N–H and O–H groups in total. The highest BCUT2D eigenvalue weighted by Crippen LogP contribution is 2.22. The van der Waals surface area contributed by atoms with Crippen molar-refractivity contribution in [2.24, 2.45) is 0 Å². The predicted molar refractivity (Wildman–Crippen MR) is 104 cm³/mol. The summed E-state index contributed by atoms with van der Waals surface area (Å²) >= 11 is 5.92. The first-order valence-electron chi connectivity index (χ1n) is 8.83. The van der Waals surface area contributed by atoms with E-state index in [-0.39, 0.29) is 31.9 Å². The van der Waals surface area contributed by atoms with E-state index >= 15 is 0 Å². The van der Waals surface area contributed by atoms with E-state index in [9.17, 15) is 19.2 Å². The van der Waals surface area contributed by atoms with Gasteiger partial charge in [-0.05, 0) is 23.8 Å². The van der Waals surface area contributed by atoms with Crippen LogP contribution in [0, 0.1) is 0 Å². The maximum absolute atomic E-state index is 12.4. The van der Waals surface area contributed by atoms with Crippen LogP contribution in [0.1, 0.15) is 22.3 Å². The molecule has 0 radical (unpaired) electrons. The lowest BCUT2D eigenvalue weighted by atomic mass is 9.98. The van der Waals surface area contributed by atoms with Gasteiger partial charge in [-0.15, -0.1) is 0 Å². The monoisotopic (exact) mass is 415 g/mol. The number of para-hydroxylation sites is 1. The number of hydrogen-bond donors (Lipinski definition) is 2. The van der Waals surface area contributed by atoms with E-state index in [1.165, 1.54) is 0 Å². The molecular formula is C20H18ClN3O5. The molecule has 0 unspecified atom stereocenters. The van der Waals surface area contributed by atoms with Crippen LogP contribution in [-0.4, -0.2) is 41.7 Å². The van der Waals surface area contributed by atoms with E-state index in [0.29, 0.717) is 21.9 Å². The van der Waals surface area contributed by atoms with Crippen molar-refractivity contribution in [2.75, 3.05) is 13.2 Å². The van der Waals surface area contributed by atoms with Crippen molar-refractivity contribution in [3.05, 3.63) is 64.7 Å². The number of imide groups is 1. The number of carbonyl (C=O) groups is 4. The summed E-state index contributed by atoms with van der Waals surface area (Å²) in [5, 5.41) is 0.363. The number of amides is 4. The maximum Gasteiger partial charge on any atom is 0.276 e. The summed E-state index contributed by atoms with van der Waals surface area (Å²) in [6, 6.07) is 13.5. The molecule has 3 rings (SSSR count). The second-order valence-electron chi connectivity index (χ2n) is 6.25. The summed E-state index contributed by atoms with van der Waals surface area (Å²) in [6.45, 7) is -0.423. The number of ether oxygens (including phenoxy) is 1. The number of hydrazine groups is 1. The molecule has 1 aliphatic heterocycles. The first kappa shape index (κ1) is 20.3. The van der Waals surface area contributed by atoms with Gasteiger partial charge >= 0.3 is 0 Å². The third-order valence-electron chi connectivity index (χ3n) is 4.23. The van der Waals surface area contributed by atoms with Crippen LogP contribution in [0.3, 0.4) is 0 Å². The van der Waals surface area contributed by atoms with Crippen LogP contribution < -0.4 is 15.6 Å². The fourth-order valence-corrected chi connectivity index (χ4v) is 2.97. The van der Waals surface area contributed by atoms with Gasteiger partial charge in [-0.2, -0.15) is 0 Å². The van der Waals surface area contributed by atoms with Gasteiger partial charge in [0.25, 0.3) is 11.8 Å². The quantitative estimate of drug-likeness (QED) is 0.549. The molecule has 150 valence electrons. The molecule has 2 aromatic carbocycles. The van der Waals surface area contributed by atoms with Crippen molar-refractivity contribution in [3.8, 4) is 5.75 Å². The second kappa shape index (κ2) is 9.20. The Morgan fingerprint density at radius 1 is 1.00 bits per heavy atom. The van der Waals surface area contributed by atoms with Crippen LogP contribution in [0.5, 0.6) is 5.75 Å². The van der Waals surface area contributed by atoms with Crippen LogP contribution >= 0.6 is 11.6 Å². The Balaban J connectivity index is 1.43. The Bertz CT molecular complexity index is 963. The third kappa shape index (κ3) is 5.11. The molecule has 8 nitrogen and oxygen atoms in total. The van der Waals surface area contributed by atoms with Gasteiger partial charge < -0.3 is 4.74 Å². The number of nitrogens with one attached hydrogen (secondary N) is 2. The molecule has 0 saturated heterocycles. The minimum Gasteiger partial charge on any atom is -0.482 e. The Morgan fingerprint density at radius 3 is 2.48 bits per heavy atom. The standard InChI is InChI=1S/C20H18ClN3O5/c21-15-7-3-4-8-16(15)29-12-18(26)23-22-17(25)9-10-24-19(27)11-13-5-1-2-6-14(13)20(24)28/h1-8H,9-12H2,(H,22,25)(H,23,26).